The van der Waals surface area contributed by atoms with E-state index < -0.39 is 0 Å². The Bertz CT molecular complexity index is 477. The average Bonchev–Trinajstić information content (AvgIpc) is 2.19. The molecule has 0 bridgehead atoms. The summed E-state index contributed by atoms with van der Waals surface area (Å²) in [5, 5.41) is 11.4. The van der Waals surface area contributed by atoms with Crippen LogP contribution in [0.25, 0.3) is 10.8 Å². The molecule has 69 valence electrons. The summed E-state index contributed by atoms with van der Waals surface area (Å²) in [5.41, 5.74) is 0.897. The van der Waals surface area contributed by atoms with E-state index in [9.17, 15) is 5.11 Å². The lowest BCUT2D eigenvalue weighted by Crippen LogP contribution is -1.88. The third kappa shape index (κ3) is 1.46. The van der Waals surface area contributed by atoms with Crippen molar-refractivity contribution in [3.05, 3.63) is 48.8 Å². The first-order valence-electron chi connectivity index (χ1n) is 4.41. The van der Waals surface area contributed by atoms with Crippen molar-refractivity contribution < 1.29 is 5.11 Å². The number of allylic oxidation sites excluding steroid dienone is 1. The molecule has 0 spiro atoms. The zero-order valence-electron chi connectivity index (χ0n) is 7.70. The highest BCUT2D eigenvalue weighted by Crippen LogP contribution is 2.21. The Kier molecular flexibility index (Phi) is 2.19. The van der Waals surface area contributed by atoms with Crippen molar-refractivity contribution in [1.29, 1.82) is 0 Å². The lowest BCUT2D eigenvalue weighted by atomic mass is 10.1. The summed E-state index contributed by atoms with van der Waals surface area (Å²) in [5.74, 6) is 0.260. The van der Waals surface area contributed by atoms with Gasteiger partial charge in [0, 0.05) is 11.8 Å². The Morgan fingerprint density at radius 1 is 1.50 bits per heavy atom. The number of benzene rings is 1. The first kappa shape index (κ1) is 8.75. The summed E-state index contributed by atoms with van der Waals surface area (Å²) in [6.07, 6.45) is 5.31. The number of aromatic hydroxyl groups is 1. The van der Waals surface area contributed by atoms with Crippen LogP contribution in [0.5, 0.6) is 5.75 Å². The molecule has 0 aliphatic heterocycles. The highest BCUT2D eigenvalue weighted by Gasteiger charge is 2.01. The Morgan fingerprint density at radius 2 is 2.36 bits per heavy atom. The van der Waals surface area contributed by atoms with Crippen LogP contribution in [0, 0.1) is 6.20 Å². The molecule has 2 nitrogen and oxygen atoms in total. The number of hydrogen-bond donors (Lipinski definition) is 1. The molecule has 0 fully saturated rings. The zero-order valence-corrected chi connectivity index (χ0v) is 7.70. The molecule has 0 aliphatic rings. The van der Waals surface area contributed by atoms with Crippen molar-refractivity contribution in [2.45, 2.75) is 6.42 Å². The van der Waals surface area contributed by atoms with Crippen LogP contribution in [0.3, 0.4) is 0 Å². The number of hydrogen-bond acceptors (Lipinski definition) is 2. The molecule has 0 saturated heterocycles. The van der Waals surface area contributed by atoms with Crippen molar-refractivity contribution in [1.82, 2.24) is 4.98 Å². The van der Waals surface area contributed by atoms with Gasteiger partial charge in [0.05, 0.1) is 11.9 Å². The summed E-state index contributed by atoms with van der Waals surface area (Å²) < 4.78 is 0. The van der Waals surface area contributed by atoms with Gasteiger partial charge in [-0.1, -0.05) is 12.1 Å². The van der Waals surface area contributed by atoms with Gasteiger partial charge in [0.1, 0.15) is 5.75 Å². The molecular formula is C12H10NO. The van der Waals surface area contributed by atoms with Gasteiger partial charge in [-0.2, -0.15) is 0 Å². The van der Waals surface area contributed by atoms with Gasteiger partial charge in [0.2, 0.25) is 0 Å². The smallest absolute Gasteiger partial charge is 0.116 e. The summed E-state index contributed by atoms with van der Waals surface area (Å²) in [6, 6.07) is 7.04. The van der Waals surface area contributed by atoms with E-state index >= 15 is 0 Å². The lowest BCUT2D eigenvalue weighted by Gasteiger charge is -2.02. The van der Waals surface area contributed by atoms with Gasteiger partial charge in [0.15, 0.2) is 0 Å². The topological polar surface area (TPSA) is 33.1 Å². The minimum Gasteiger partial charge on any atom is -0.508 e. The van der Waals surface area contributed by atoms with Gasteiger partial charge >= 0.3 is 0 Å². The fraction of sp³-hybridized carbons (Fsp3) is 0.0833. The number of rotatable bonds is 2. The van der Waals surface area contributed by atoms with Crippen LogP contribution in [0.15, 0.2) is 36.9 Å². The molecule has 0 atom stereocenters. The second-order valence-corrected chi connectivity index (χ2v) is 3.10. The highest BCUT2D eigenvalue weighted by molar-refractivity contribution is 5.85. The Hall–Kier alpha value is -1.83. The Labute approximate surface area is 82.5 Å². The molecule has 0 amide bonds. The summed E-state index contributed by atoms with van der Waals surface area (Å²) in [7, 11) is 0. The van der Waals surface area contributed by atoms with E-state index in [1.807, 2.05) is 6.07 Å². The Morgan fingerprint density at radius 3 is 3.14 bits per heavy atom. The maximum Gasteiger partial charge on any atom is 0.116 e. The van der Waals surface area contributed by atoms with E-state index in [1.165, 1.54) is 0 Å². The number of aromatic nitrogens is 1. The van der Waals surface area contributed by atoms with E-state index in [1.54, 1.807) is 24.3 Å². The SMILES string of the molecule is C=CCc1n[c]cc2ccc(O)cc12. The second-order valence-electron chi connectivity index (χ2n) is 3.10. The molecule has 1 heterocycles. The van der Waals surface area contributed by atoms with Gasteiger partial charge in [0.25, 0.3) is 0 Å². The molecule has 1 aromatic heterocycles. The van der Waals surface area contributed by atoms with E-state index in [0.29, 0.717) is 6.42 Å². The molecular weight excluding hydrogens is 174 g/mol. The molecule has 1 aromatic carbocycles. The second kappa shape index (κ2) is 3.50. The van der Waals surface area contributed by atoms with Crippen LogP contribution in [-0.4, -0.2) is 10.1 Å². The molecule has 0 aliphatic carbocycles. The van der Waals surface area contributed by atoms with E-state index in [2.05, 4.69) is 17.8 Å². The maximum atomic E-state index is 9.36. The summed E-state index contributed by atoms with van der Waals surface area (Å²) in [4.78, 5) is 4.13. The first-order valence-corrected chi connectivity index (χ1v) is 4.41. The van der Waals surface area contributed by atoms with Crippen LogP contribution < -0.4 is 0 Å². The zero-order chi connectivity index (χ0) is 9.97. The van der Waals surface area contributed by atoms with Crippen molar-refractivity contribution in [2.24, 2.45) is 0 Å². The van der Waals surface area contributed by atoms with Gasteiger partial charge in [-0.05, 0) is 23.6 Å². The number of phenols is 1. The quantitative estimate of drug-likeness (QED) is 0.727. The molecule has 1 radical (unpaired) electrons. The van der Waals surface area contributed by atoms with Crippen LogP contribution >= 0.6 is 0 Å². The average molecular weight is 184 g/mol. The molecule has 2 rings (SSSR count). The van der Waals surface area contributed by atoms with Crippen molar-refractivity contribution in [2.75, 3.05) is 0 Å². The molecule has 2 aromatic rings. The van der Waals surface area contributed by atoms with Gasteiger partial charge in [-0.3, -0.25) is 4.98 Å². The fourth-order valence-electron chi connectivity index (χ4n) is 1.45. The van der Waals surface area contributed by atoms with Crippen LogP contribution in [0.2, 0.25) is 0 Å². The molecule has 14 heavy (non-hydrogen) atoms. The van der Waals surface area contributed by atoms with Gasteiger partial charge < -0.3 is 5.11 Å². The van der Waals surface area contributed by atoms with Gasteiger partial charge in [-0.15, -0.1) is 6.58 Å². The highest BCUT2D eigenvalue weighted by atomic mass is 16.3. The van der Waals surface area contributed by atoms with Crippen LogP contribution in [-0.2, 0) is 6.42 Å². The van der Waals surface area contributed by atoms with E-state index in [0.717, 1.165) is 16.5 Å². The number of phenolic OH excluding ortho intramolecular Hbond substituents is 1. The maximum absolute atomic E-state index is 9.36. The van der Waals surface area contributed by atoms with Crippen molar-refractivity contribution in [3.63, 3.8) is 0 Å². The van der Waals surface area contributed by atoms with E-state index in [4.69, 9.17) is 0 Å². The predicted octanol–water partition coefficient (Wildman–Crippen LogP) is 2.47. The van der Waals surface area contributed by atoms with Crippen molar-refractivity contribution >= 4 is 10.8 Å². The van der Waals surface area contributed by atoms with Crippen molar-refractivity contribution in [3.8, 4) is 5.75 Å². The van der Waals surface area contributed by atoms with Gasteiger partial charge in [-0.25, -0.2) is 0 Å². The summed E-state index contributed by atoms with van der Waals surface area (Å²) in [6.45, 7) is 3.67. The number of pyridine rings is 1. The first-order chi connectivity index (χ1) is 6.81. The lowest BCUT2D eigenvalue weighted by molar-refractivity contribution is 0.476. The monoisotopic (exact) mass is 184 g/mol. The molecule has 0 unspecified atom stereocenters. The number of fused-ring (bicyclic) bond motifs is 1. The minimum atomic E-state index is 0.260. The summed E-state index contributed by atoms with van der Waals surface area (Å²) >= 11 is 0. The third-order valence-electron chi connectivity index (χ3n) is 2.11. The normalized spacial score (nSPS) is 10.3. The minimum absolute atomic E-state index is 0.260. The predicted molar refractivity (Wildman–Crippen MR) is 56.1 cm³/mol. The van der Waals surface area contributed by atoms with E-state index in [-0.39, 0.29) is 5.75 Å². The Balaban J connectivity index is 2.70. The van der Waals surface area contributed by atoms with Crippen LogP contribution in [0.4, 0.5) is 0 Å². The molecule has 1 N–H and O–H groups in total. The van der Waals surface area contributed by atoms with Crippen LogP contribution in [0.1, 0.15) is 5.69 Å². The standard InChI is InChI=1S/C12H10NO/c1-2-3-12-11-8-10(14)5-4-9(11)6-7-13-12/h2,4-6,8,14H,1,3H2. The fourth-order valence-corrected chi connectivity index (χ4v) is 1.45. The third-order valence-corrected chi connectivity index (χ3v) is 2.11. The largest absolute Gasteiger partial charge is 0.508 e. The molecule has 0 saturated carbocycles. The molecule has 2 heteroatoms. The number of nitrogens with zero attached hydrogens (tertiary/aromatic N) is 1.